The number of halogens is 6. The fourth-order valence-corrected chi connectivity index (χ4v) is 6.49. The van der Waals surface area contributed by atoms with Crippen LogP contribution in [0.15, 0.2) is 71.1 Å². The number of ether oxygens (including phenoxy) is 1. The Hall–Kier alpha value is -4.63. The van der Waals surface area contributed by atoms with Crippen molar-refractivity contribution in [2.75, 3.05) is 38.1 Å². The number of piperazine rings is 1. The minimum atomic E-state index is -4.85. The number of carbonyl (C=O) groups excluding carboxylic acids is 1. The molecule has 15 heteroatoms. The molecule has 0 radical (unpaired) electrons. The Bertz CT molecular complexity index is 1830. The molecule has 1 saturated heterocycles. The summed E-state index contributed by atoms with van der Waals surface area (Å²) in [5.41, 5.74) is -0.702. The van der Waals surface area contributed by atoms with Gasteiger partial charge in [0, 0.05) is 49.4 Å². The number of hydrogen-bond acceptors (Lipinski definition) is 7. The third kappa shape index (κ3) is 8.38. The van der Waals surface area contributed by atoms with E-state index in [0.717, 1.165) is 41.0 Å². The van der Waals surface area contributed by atoms with E-state index in [1.807, 2.05) is 18.2 Å². The van der Waals surface area contributed by atoms with E-state index in [2.05, 4.69) is 10.2 Å². The topological polar surface area (TPSA) is 101 Å². The van der Waals surface area contributed by atoms with Gasteiger partial charge < -0.3 is 19.4 Å². The van der Waals surface area contributed by atoms with Gasteiger partial charge in [-0.25, -0.2) is 0 Å². The monoisotopic (exact) mass is 704 g/mol. The SMILES string of the molecule is O=C(COC1CCC(Nc2ccc([N+](=O)[O-])c(C(F)(F)F)c2)CC1)N1CCN(Cc2cc3cc(-c4ccc(C(F)(F)F)cc4)ccc3o2)CC1. The third-order valence-electron chi connectivity index (χ3n) is 9.20. The van der Waals surface area contributed by atoms with Crippen molar-refractivity contribution in [2.24, 2.45) is 0 Å². The number of anilines is 1. The predicted octanol–water partition coefficient (Wildman–Crippen LogP) is 8.13. The van der Waals surface area contributed by atoms with Gasteiger partial charge in [-0.3, -0.25) is 19.8 Å². The van der Waals surface area contributed by atoms with Gasteiger partial charge in [-0.15, -0.1) is 0 Å². The maximum atomic E-state index is 13.3. The zero-order valence-electron chi connectivity index (χ0n) is 26.7. The van der Waals surface area contributed by atoms with Crippen LogP contribution in [0.1, 0.15) is 42.6 Å². The Balaban J connectivity index is 0.929. The number of nitro benzene ring substituents is 1. The molecular weight excluding hydrogens is 670 g/mol. The lowest BCUT2D eigenvalue weighted by atomic mass is 9.92. The second-order valence-electron chi connectivity index (χ2n) is 12.6. The molecule has 1 saturated carbocycles. The van der Waals surface area contributed by atoms with Gasteiger partial charge in [-0.05, 0) is 79.3 Å². The summed E-state index contributed by atoms with van der Waals surface area (Å²) < 4.78 is 90.7. The lowest BCUT2D eigenvalue weighted by Crippen LogP contribution is -2.49. The van der Waals surface area contributed by atoms with E-state index in [1.165, 1.54) is 18.2 Å². The smallest absolute Gasteiger partial charge is 0.423 e. The number of nitrogens with one attached hydrogen (secondary N) is 1. The predicted molar refractivity (Wildman–Crippen MR) is 172 cm³/mol. The highest BCUT2D eigenvalue weighted by atomic mass is 19.4. The number of carbonyl (C=O) groups is 1. The first-order valence-electron chi connectivity index (χ1n) is 16.2. The quantitative estimate of drug-likeness (QED) is 0.107. The molecule has 2 aliphatic rings. The van der Waals surface area contributed by atoms with Crippen LogP contribution < -0.4 is 5.32 Å². The van der Waals surface area contributed by atoms with E-state index >= 15 is 0 Å². The molecule has 2 fully saturated rings. The number of nitrogens with zero attached hydrogens (tertiary/aromatic N) is 3. The molecular formula is C35H34F6N4O5. The summed E-state index contributed by atoms with van der Waals surface area (Å²) in [6.07, 6.45) is -6.97. The van der Waals surface area contributed by atoms with Crippen molar-refractivity contribution in [3.8, 4) is 11.1 Å². The molecule has 0 bridgehead atoms. The zero-order chi connectivity index (χ0) is 35.6. The molecule has 0 unspecified atom stereocenters. The van der Waals surface area contributed by atoms with E-state index < -0.39 is 34.1 Å². The number of rotatable bonds is 9. The Labute approximate surface area is 282 Å². The van der Waals surface area contributed by atoms with Gasteiger partial charge in [0.15, 0.2) is 0 Å². The average molecular weight is 705 g/mol. The lowest BCUT2D eigenvalue weighted by molar-refractivity contribution is -0.388. The fourth-order valence-electron chi connectivity index (χ4n) is 6.49. The van der Waals surface area contributed by atoms with E-state index in [4.69, 9.17) is 9.15 Å². The summed E-state index contributed by atoms with van der Waals surface area (Å²) in [5, 5.41) is 14.9. The molecule has 6 rings (SSSR count). The first-order valence-corrected chi connectivity index (χ1v) is 16.2. The van der Waals surface area contributed by atoms with Crippen LogP contribution in [0, 0.1) is 10.1 Å². The zero-order valence-corrected chi connectivity index (χ0v) is 26.7. The second-order valence-corrected chi connectivity index (χ2v) is 12.6. The third-order valence-corrected chi connectivity index (χ3v) is 9.20. The van der Waals surface area contributed by atoms with Gasteiger partial charge in [0.1, 0.15) is 23.5 Å². The van der Waals surface area contributed by atoms with Crippen LogP contribution in [-0.2, 0) is 28.4 Å². The van der Waals surface area contributed by atoms with Crippen molar-refractivity contribution in [1.82, 2.24) is 9.80 Å². The normalized spacial score (nSPS) is 19.1. The Morgan fingerprint density at radius 3 is 2.18 bits per heavy atom. The first kappa shape index (κ1) is 35.2. The lowest BCUT2D eigenvalue weighted by Gasteiger charge is -2.35. The molecule has 1 N–H and O–H groups in total. The molecule has 0 atom stereocenters. The Kier molecular flexibility index (Phi) is 10.1. The number of fused-ring (bicyclic) bond motifs is 1. The molecule has 3 aromatic carbocycles. The van der Waals surface area contributed by atoms with Crippen LogP contribution in [0.4, 0.5) is 37.7 Å². The molecule has 50 heavy (non-hydrogen) atoms. The summed E-state index contributed by atoms with van der Waals surface area (Å²) in [5.74, 6) is 0.627. The number of benzene rings is 3. The summed E-state index contributed by atoms with van der Waals surface area (Å²) in [6.45, 7) is 2.78. The Morgan fingerprint density at radius 2 is 1.54 bits per heavy atom. The summed E-state index contributed by atoms with van der Waals surface area (Å²) in [6, 6.07) is 15.2. The van der Waals surface area contributed by atoms with Crippen LogP contribution in [0.3, 0.4) is 0 Å². The average Bonchev–Trinajstić information content (AvgIpc) is 3.49. The van der Waals surface area contributed by atoms with Crippen molar-refractivity contribution in [3.63, 3.8) is 0 Å². The van der Waals surface area contributed by atoms with E-state index in [9.17, 15) is 41.3 Å². The highest BCUT2D eigenvalue weighted by Crippen LogP contribution is 2.38. The largest absolute Gasteiger partial charge is 0.460 e. The summed E-state index contributed by atoms with van der Waals surface area (Å²) in [4.78, 5) is 26.8. The van der Waals surface area contributed by atoms with Crippen molar-refractivity contribution < 1.29 is 45.2 Å². The molecule has 9 nitrogen and oxygen atoms in total. The summed E-state index contributed by atoms with van der Waals surface area (Å²) in [7, 11) is 0. The first-order chi connectivity index (χ1) is 23.7. The van der Waals surface area contributed by atoms with E-state index in [-0.39, 0.29) is 30.3 Å². The molecule has 4 aromatic rings. The van der Waals surface area contributed by atoms with Crippen LogP contribution >= 0.6 is 0 Å². The maximum absolute atomic E-state index is 13.3. The number of furan rings is 1. The molecule has 1 aliphatic carbocycles. The number of nitro groups is 1. The number of amides is 1. The van der Waals surface area contributed by atoms with Crippen molar-refractivity contribution in [2.45, 2.75) is 56.7 Å². The highest BCUT2D eigenvalue weighted by Gasteiger charge is 2.38. The van der Waals surface area contributed by atoms with Crippen LogP contribution in [0.5, 0.6) is 0 Å². The molecule has 2 heterocycles. The van der Waals surface area contributed by atoms with Crippen molar-refractivity contribution in [1.29, 1.82) is 0 Å². The summed E-state index contributed by atoms with van der Waals surface area (Å²) >= 11 is 0. The van der Waals surface area contributed by atoms with Gasteiger partial charge >= 0.3 is 12.4 Å². The Morgan fingerprint density at radius 1 is 0.860 bits per heavy atom. The van der Waals surface area contributed by atoms with Gasteiger partial charge in [0.05, 0.1) is 23.1 Å². The van der Waals surface area contributed by atoms with Crippen molar-refractivity contribution >= 4 is 28.3 Å². The molecule has 1 aromatic heterocycles. The fraction of sp³-hybridized carbons (Fsp3) is 0.400. The maximum Gasteiger partial charge on any atom is 0.423 e. The molecule has 1 amide bonds. The second kappa shape index (κ2) is 14.3. The van der Waals surface area contributed by atoms with E-state index in [1.54, 1.807) is 11.0 Å². The number of hydrogen-bond donors (Lipinski definition) is 1. The number of alkyl halides is 6. The van der Waals surface area contributed by atoms with Crippen LogP contribution in [-0.4, -0.2) is 65.6 Å². The van der Waals surface area contributed by atoms with Gasteiger partial charge in [0.25, 0.3) is 5.69 Å². The van der Waals surface area contributed by atoms with Gasteiger partial charge in [-0.1, -0.05) is 18.2 Å². The van der Waals surface area contributed by atoms with Crippen molar-refractivity contribution in [3.05, 3.63) is 93.7 Å². The van der Waals surface area contributed by atoms with Crippen LogP contribution in [0.2, 0.25) is 0 Å². The minimum absolute atomic E-state index is 0.0646. The van der Waals surface area contributed by atoms with Crippen LogP contribution in [0.25, 0.3) is 22.1 Å². The van der Waals surface area contributed by atoms with Gasteiger partial charge in [0.2, 0.25) is 5.91 Å². The standard InChI is InChI=1S/C35H34F6N4O5/c36-34(37,38)25-4-1-22(2-5-25)23-3-12-32-24(17-23)18-29(50-32)20-43-13-15-44(16-14-43)33(46)21-49-28-9-6-26(7-10-28)42-27-8-11-31(45(47)48)30(19-27)35(39,40)41/h1-5,8,11-12,17-19,26,28,42H,6-7,9-10,13-16,20-21H2. The van der Waals surface area contributed by atoms with Gasteiger partial charge in [-0.2, -0.15) is 26.3 Å². The molecule has 266 valence electrons. The highest BCUT2D eigenvalue weighted by molar-refractivity contribution is 5.84. The van der Waals surface area contributed by atoms with E-state index in [0.29, 0.717) is 69.6 Å². The molecule has 0 spiro atoms. The minimum Gasteiger partial charge on any atom is -0.460 e. The molecule has 1 aliphatic heterocycles.